The van der Waals surface area contributed by atoms with Gasteiger partial charge in [-0.25, -0.2) is 17.2 Å². The number of thiocarbonyl (C=S) groups is 1. The molecule has 1 saturated carbocycles. The van der Waals surface area contributed by atoms with E-state index in [0.717, 1.165) is 11.2 Å². The zero-order valence-electron chi connectivity index (χ0n) is 19.0. The molecule has 1 N–H and O–H groups in total. The first-order valence-corrected chi connectivity index (χ1v) is 13.4. The number of nitrogens with zero attached hydrogens (tertiary/aromatic N) is 3. The molecule has 0 radical (unpaired) electrons. The first-order chi connectivity index (χ1) is 15.3. The second-order valence-corrected chi connectivity index (χ2v) is 11.3. The molecule has 2 unspecified atom stereocenters. The molecule has 0 spiro atoms. The molecule has 1 fully saturated rings. The number of hydrogen-bond donors (Lipinski definition) is 1. The Kier molecular flexibility index (Phi) is 9.24. The van der Waals surface area contributed by atoms with Gasteiger partial charge in [-0.05, 0) is 26.3 Å². The summed E-state index contributed by atoms with van der Waals surface area (Å²) >= 11 is 11.8. The van der Waals surface area contributed by atoms with Gasteiger partial charge in [0, 0.05) is 48.3 Å². The molecular weight excluding hydrogens is 492 g/mol. The van der Waals surface area contributed by atoms with Gasteiger partial charge < -0.3 is 9.80 Å². The van der Waals surface area contributed by atoms with Crippen molar-refractivity contribution in [2.75, 3.05) is 23.0 Å². The van der Waals surface area contributed by atoms with Gasteiger partial charge in [0.2, 0.25) is 12.4 Å². The van der Waals surface area contributed by atoms with Crippen molar-refractivity contribution in [3.63, 3.8) is 0 Å². The SMILES string of the molecule is C=C(Cl)C(=CN(c1ccc[n+](O)c1)C(C)CC)N(CC)C(=S)CCS(=O)(=O)CC1CC1(F)F. The zero-order valence-corrected chi connectivity index (χ0v) is 21.4. The lowest BCUT2D eigenvalue weighted by Crippen LogP contribution is -2.36. The Hall–Kier alpha value is -1.78. The van der Waals surface area contributed by atoms with Crippen molar-refractivity contribution < 1.29 is 27.1 Å². The van der Waals surface area contributed by atoms with E-state index in [0.29, 0.717) is 22.9 Å². The van der Waals surface area contributed by atoms with Gasteiger partial charge in [-0.3, -0.25) is 5.21 Å². The Morgan fingerprint density at radius 3 is 2.61 bits per heavy atom. The predicted octanol–water partition coefficient (Wildman–Crippen LogP) is 4.52. The molecule has 0 aliphatic heterocycles. The maximum absolute atomic E-state index is 13.1. The Morgan fingerprint density at radius 1 is 1.48 bits per heavy atom. The smallest absolute Gasteiger partial charge is 0.252 e. The molecule has 11 heteroatoms. The highest BCUT2D eigenvalue weighted by atomic mass is 35.5. The minimum atomic E-state index is -3.67. The van der Waals surface area contributed by atoms with Crippen LogP contribution in [-0.2, 0) is 9.84 Å². The van der Waals surface area contributed by atoms with Crippen LogP contribution in [0.4, 0.5) is 14.5 Å². The van der Waals surface area contributed by atoms with E-state index in [1.165, 1.54) is 6.20 Å². The molecule has 1 heterocycles. The Bertz CT molecular complexity index is 1020. The van der Waals surface area contributed by atoms with Crippen LogP contribution in [0.15, 0.2) is 48.0 Å². The van der Waals surface area contributed by atoms with Crippen molar-refractivity contribution in [1.82, 2.24) is 4.90 Å². The van der Waals surface area contributed by atoms with Gasteiger partial charge >= 0.3 is 0 Å². The lowest BCUT2D eigenvalue weighted by molar-refractivity contribution is -0.904. The van der Waals surface area contributed by atoms with E-state index in [2.05, 4.69) is 6.58 Å². The van der Waals surface area contributed by atoms with Crippen LogP contribution in [0, 0.1) is 5.92 Å². The lowest BCUT2D eigenvalue weighted by Gasteiger charge is -2.31. The minimum Gasteiger partial charge on any atom is -0.338 e. The summed E-state index contributed by atoms with van der Waals surface area (Å²) in [5, 5.41) is 10.0. The number of aromatic nitrogens is 1. The maximum Gasteiger partial charge on any atom is 0.252 e. The molecule has 0 saturated heterocycles. The quantitative estimate of drug-likeness (QED) is 0.188. The highest BCUT2D eigenvalue weighted by Gasteiger charge is 2.58. The Morgan fingerprint density at radius 2 is 2.12 bits per heavy atom. The molecule has 6 nitrogen and oxygen atoms in total. The number of allylic oxidation sites excluding steroid dienone is 1. The second-order valence-electron chi connectivity index (χ2n) is 8.19. The minimum absolute atomic E-state index is 0.0105. The van der Waals surface area contributed by atoms with E-state index in [9.17, 15) is 22.4 Å². The number of pyridine rings is 1. The summed E-state index contributed by atoms with van der Waals surface area (Å²) in [6, 6.07) is 3.56. The number of rotatable bonds is 12. The van der Waals surface area contributed by atoms with Crippen LogP contribution in [0.25, 0.3) is 0 Å². The average Bonchev–Trinajstić information content (AvgIpc) is 3.33. The monoisotopic (exact) mass is 522 g/mol. The van der Waals surface area contributed by atoms with Crippen LogP contribution in [0.3, 0.4) is 0 Å². The topological polar surface area (TPSA) is 64.7 Å². The summed E-state index contributed by atoms with van der Waals surface area (Å²) in [6.45, 7) is 10.1. The van der Waals surface area contributed by atoms with E-state index in [4.69, 9.17) is 23.8 Å². The van der Waals surface area contributed by atoms with E-state index in [1.54, 1.807) is 23.4 Å². The molecular formula is C22H31ClF2N3O3S2+. The molecule has 1 aromatic rings. The van der Waals surface area contributed by atoms with Crippen molar-refractivity contribution in [3.8, 4) is 0 Å². The highest BCUT2D eigenvalue weighted by molar-refractivity contribution is 7.91. The van der Waals surface area contributed by atoms with E-state index < -0.39 is 27.4 Å². The van der Waals surface area contributed by atoms with Gasteiger partial charge in [-0.15, -0.1) is 0 Å². The molecule has 1 aliphatic carbocycles. The Balaban J connectivity index is 2.25. The normalized spacial score (nSPS) is 18.5. The summed E-state index contributed by atoms with van der Waals surface area (Å²) in [7, 11) is -3.67. The van der Waals surface area contributed by atoms with Crippen LogP contribution < -0.4 is 9.63 Å². The summed E-state index contributed by atoms with van der Waals surface area (Å²) < 4.78 is 51.8. The summed E-state index contributed by atoms with van der Waals surface area (Å²) in [5.74, 6) is -4.81. The highest BCUT2D eigenvalue weighted by Crippen LogP contribution is 2.49. The third-order valence-corrected chi connectivity index (χ3v) is 7.97. The number of sulfone groups is 1. The summed E-state index contributed by atoms with van der Waals surface area (Å²) in [6.07, 6.45) is 5.24. The van der Waals surface area contributed by atoms with Crippen molar-refractivity contribution in [1.29, 1.82) is 0 Å². The molecule has 0 amide bonds. The molecule has 1 aliphatic rings. The van der Waals surface area contributed by atoms with Gasteiger partial charge in [0.25, 0.3) is 5.92 Å². The standard InChI is InChI=1S/C22H31ClF2N3O3S2/c1-5-16(3)28(19-8-7-10-26(29)13-19)14-20(17(4)23)27(6-2)21(32)9-11-33(30,31)15-18-12-22(18,24)25/h7-8,10,13-14,16,18,29H,4-6,9,11-12,15H2,1-3H3/q+1. The Labute approximate surface area is 205 Å². The fraction of sp³-hybridized carbons (Fsp3) is 0.545. The first-order valence-electron chi connectivity index (χ1n) is 10.7. The average molecular weight is 523 g/mol. The molecule has 2 rings (SSSR count). The number of halogens is 3. The van der Waals surface area contributed by atoms with Crippen molar-refractivity contribution >= 4 is 44.3 Å². The molecule has 0 bridgehead atoms. The van der Waals surface area contributed by atoms with Crippen LogP contribution in [0.2, 0.25) is 0 Å². The van der Waals surface area contributed by atoms with E-state index in [1.807, 2.05) is 31.7 Å². The fourth-order valence-electron chi connectivity index (χ4n) is 3.37. The number of alkyl halides is 2. The summed E-state index contributed by atoms with van der Waals surface area (Å²) in [5.41, 5.74) is 1.20. The lowest BCUT2D eigenvalue weighted by atomic mass is 10.2. The number of anilines is 1. The van der Waals surface area contributed by atoms with Gasteiger partial charge in [0.1, 0.15) is 5.69 Å². The van der Waals surface area contributed by atoms with E-state index in [-0.39, 0.29) is 29.7 Å². The van der Waals surface area contributed by atoms with Gasteiger partial charge in [-0.2, -0.15) is 0 Å². The fourth-order valence-corrected chi connectivity index (χ4v) is 5.63. The molecule has 2 atom stereocenters. The molecule has 33 heavy (non-hydrogen) atoms. The zero-order chi connectivity index (χ0) is 25.0. The van der Waals surface area contributed by atoms with Crippen molar-refractivity contribution in [2.24, 2.45) is 5.92 Å². The third kappa shape index (κ3) is 7.61. The van der Waals surface area contributed by atoms with Crippen LogP contribution in [0.5, 0.6) is 0 Å². The largest absolute Gasteiger partial charge is 0.338 e. The van der Waals surface area contributed by atoms with Gasteiger partial charge in [0.15, 0.2) is 9.84 Å². The van der Waals surface area contributed by atoms with Crippen LogP contribution in [0.1, 0.15) is 40.0 Å². The molecule has 1 aromatic heterocycles. The van der Waals surface area contributed by atoms with Crippen molar-refractivity contribution in [2.45, 2.75) is 52.0 Å². The van der Waals surface area contributed by atoms with Crippen LogP contribution >= 0.6 is 23.8 Å². The van der Waals surface area contributed by atoms with Gasteiger partial charge in [-0.1, -0.05) is 37.3 Å². The molecule has 0 aromatic carbocycles. The first kappa shape index (κ1) is 27.5. The number of likely N-dealkylation sites (N-methyl/N-ethyl adjacent to an activating group) is 1. The van der Waals surface area contributed by atoms with Gasteiger partial charge in [0.05, 0.1) is 27.2 Å². The molecule has 184 valence electrons. The van der Waals surface area contributed by atoms with E-state index >= 15 is 0 Å². The summed E-state index contributed by atoms with van der Waals surface area (Å²) in [4.78, 5) is 3.94. The third-order valence-electron chi connectivity index (χ3n) is 5.62. The maximum atomic E-state index is 13.1. The second kappa shape index (κ2) is 11.1. The number of hydrogen-bond acceptors (Lipinski definition) is 5. The predicted molar refractivity (Wildman–Crippen MR) is 130 cm³/mol. The van der Waals surface area contributed by atoms with Crippen LogP contribution in [-0.4, -0.2) is 53.5 Å². The van der Waals surface area contributed by atoms with Crippen molar-refractivity contribution in [3.05, 3.63) is 48.0 Å².